The summed E-state index contributed by atoms with van der Waals surface area (Å²) in [5.41, 5.74) is 2.27. The minimum absolute atomic E-state index is 0.147. The fourth-order valence-electron chi connectivity index (χ4n) is 2.64. The van der Waals surface area contributed by atoms with E-state index in [1.54, 1.807) is 0 Å². The van der Waals surface area contributed by atoms with Gasteiger partial charge in [-0.1, -0.05) is 18.2 Å². The van der Waals surface area contributed by atoms with Gasteiger partial charge in [-0.15, -0.1) is 0 Å². The molecule has 0 spiro atoms. The molecule has 90 valence electrons. The Morgan fingerprint density at radius 3 is 2.94 bits per heavy atom. The van der Waals surface area contributed by atoms with E-state index in [1.807, 2.05) is 18.2 Å². The Morgan fingerprint density at radius 1 is 1.29 bits per heavy atom. The zero-order valence-corrected chi connectivity index (χ0v) is 9.97. The van der Waals surface area contributed by atoms with Crippen molar-refractivity contribution in [1.82, 2.24) is 0 Å². The standard InChI is InChI=1S/C14H17NO2/c1-9-4-2-3-5-11(9)14-15-12-8-10(16)6-7-13(12)17-14/h2-5,10,12-13,16H,6-8H2,1H3. The van der Waals surface area contributed by atoms with Crippen molar-refractivity contribution in [2.75, 3.05) is 0 Å². The molecule has 3 nitrogen and oxygen atoms in total. The molecule has 0 saturated heterocycles. The first-order valence-electron chi connectivity index (χ1n) is 6.22. The van der Waals surface area contributed by atoms with Crippen LogP contribution in [-0.4, -0.2) is 29.3 Å². The van der Waals surface area contributed by atoms with Crippen LogP contribution in [-0.2, 0) is 4.74 Å². The average Bonchev–Trinajstić information content (AvgIpc) is 2.72. The first-order chi connectivity index (χ1) is 8.24. The third-order valence-electron chi connectivity index (χ3n) is 3.65. The Labute approximate surface area is 101 Å². The quantitative estimate of drug-likeness (QED) is 0.803. The molecule has 0 amide bonds. The van der Waals surface area contributed by atoms with Crippen LogP contribution in [0.15, 0.2) is 29.3 Å². The highest BCUT2D eigenvalue weighted by Crippen LogP contribution is 2.30. The van der Waals surface area contributed by atoms with Crippen LogP contribution in [0.4, 0.5) is 0 Å². The smallest absolute Gasteiger partial charge is 0.217 e. The van der Waals surface area contributed by atoms with Gasteiger partial charge in [0.2, 0.25) is 5.90 Å². The molecular weight excluding hydrogens is 214 g/mol. The predicted octanol–water partition coefficient (Wildman–Crippen LogP) is 2.05. The van der Waals surface area contributed by atoms with Gasteiger partial charge in [-0.3, -0.25) is 0 Å². The molecule has 0 bridgehead atoms. The number of hydrogen-bond donors (Lipinski definition) is 1. The SMILES string of the molecule is Cc1ccccc1C1=NC2CC(O)CCC2O1. The Bertz CT molecular complexity index is 455. The molecule has 1 heterocycles. The molecule has 3 rings (SSSR count). The largest absolute Gasteiger partial charge is 0.472 e. The molecular formula is C14H17NO2. The lowest BCUT2D eigenvalue weighted by molar-refractivity contribution is 0.0624. The van der Waals surface area contributed by atoms with Gasteiger partial charge in [-0.2, -0.15) is 0 Å². The highest BCUT2D eigenvalue weighted by molar-refractivity contribution is 5.96. The van der Waals surface area contributed by atoms with Crippen molar-refractivity contribution in [2.24, 2.45) is 4.99 Å². The van der Waals surface area contributed by atoms with E-state index in [2.05, 4.69) is 18.0 Å². The topological polar surface area (TPSA) is 41.8 Å². The molecule has 3 atom stereocenters. The maximum absolute atomic E-state index is 9.64. The van der Waals surface area contributed by atoms with E-state index in [-0.39, 0.29) is 18.2 Å². The molecule has 0 radical (unpaired) electrons. The summed E-state index contributed by atoms with van der Waals surface area (Å²) in [7, 11) is 0. The van der Waals surface area contributed by atoms with Crippen LogP contribution < -0.4 is 0 Å². The summed E-state index contributed by atoms with van der Waals surface area (Å²) in [6.07, 6.45) is 2.44. The number of rotatable bonds is 1. The first kappa shape index (κ1) is 10.8. The van der Waals surface area contributed by atoms with Crippen molar-refractivity contribution < 1.29 is 9.84 Å². The molecule has 1 fully saturated rings. The molecule has 1 aromatic rings. The molecule has 1 N–H and O–H groups in total. The summed E-state index contributed by atoms with van der Waals surface area (Å²) in [6.45, 7) is 2.07. The van der Waals surface area contributed by atoms with Crippen molar-refractivity contribution in [3.8, 4) is 0 Å². The van der Waals surface area contributed by atoms with Crippen LogP contribution in [0.2, 0.25) is 0 Å². The summed E-state index contributed by atoms with van der Waals surface area (Å²) in [6, 6.07) is 8.28. The molecule has 1 aromatic carbocycles. The molecule has 2 aliphatic rings. The van der Waals surface area contributed by atoms with Crippen LogP contribution in [0.25, 0.3) is 0 Å². The van der Waals surface area contributed by atoms with Gasteiger partial charge in [0.05, 0.1) is 12.1 Å². The van der Waals surface area contributed by atoms with Gasteiger partial charge >= 0.3 is 0 Å². The highest BCUT2D eigenvalue weighted by atomic mass is 16.5. The number of aryl methyl sites for hydroxylation is 1. The number of fused-ring (bicyclic) bond motifs is 1. The van der Waals surface area contributed by atoms with Crippen LogP contribution in [0, 0.1) is 6.92 Å². The highest BCUT2D eigenvalue weighted by Gasteiger charge is 2.36. The molecule has 1 saturated carbocycles. The number of aliphatic hydroxyl groups is 1. The lowest BCUT2D eigenvalue weighted by atomic mass is 9.91. The Hall–Kier alpha value is -1.35. The molecule has 3 heteroatoms. The zero-order chi connectivity index (χ0) is 11.8. The first-order valence-corrected chi connectivity index (χ1v) is 6.22. The molecule has 1 aliphatic heterocycles. The fourth-order valence-corrected chi connectivity index (χ4v) is 2.64. The Kier molecular flexibility index (Phi) is 2.63. The van der Waals surface area contributed by atoms with E-state index >= 15 is 0 Å². The van der Waals surface area contributed by atoms with E-state index in [4.69, 9.17) is 4.74 Å². The van der Waals surface area contributed by atoms with Crippen molar-refractivity contribution >= 4 is 5.90 Å². The average molecular weight is 231 g/mol. The van der Waals surface area contributed by atoms with Crippen molar-refractivity contribution in [3.63, 3.8) is 0 Å². The summed E-state index contributed by atoms with van der Waals surface area (Å²) in [5, 5.41) is 9.64. The van der Waals surface area contributed by atoms with Crippen molar-refractivity contribution in [2.45, 2.75) is 44.4 Å². The number of aliphatic imine (C=N–C) groups is 1. The number of ether oxygens (including phenoxy) is 1. The number of benzene rings is 1. The van der Waals surface area contributed by atoms with E-state index in [9.17, 15) is 5.11 Å². The van der Waals surface area contributed by atoms with E-state index in [0.717, 1.165) is 30.7 Å². The Morgan fingerprint density at radius 2 is 2.12 bits per heavy atom. The van der Waals surface area contributed by atoms with E-state index < -0.39 is 0 Å². The number of aliphatic hydroxyl groups excluding tert-OH is 1. The van der Waals surface area contributed by atoms with Crippen LogP contribution >= 0.6 is 0 Å². The molecule has 1 aliphatic carbocycles. The minimum atomic E-state index is -0.208. The Balaban J connectivity index is 1.87. The molecule has 17 heavy (non-hydrogen) atoms. The van der Waals surface area contributed by atoms with Gasteiger partial charge in [-0.05, 0) is 37.8 Å². The van der Waals surface area contributed by atoms with E-state index in [1.165, 1.54) is 5.56 Å². The number of nitrogens with zero attached hydrogens (tertiary/aromatic N) is 1. The van der Waals surface area contributed by atoms with Gasteiger partial charge in [-0.25, -0.2) is 4.99 Å². The summed E-state index contributed by atoms with van der Waals surface area (Å²) >= 11 is 0. The van der Waals surface area contributed by atoms with Gasteiger partial charge in [0, 0.05) is 5.56 Å². The normalized spacial score (nSPS) is 31.6. The van der Waals surface area contributed by atoms with Crippen molar-refractivity contribution in [3.05, 3.63) is 35.4 Å². The summed E-state index contributed by atoms with van der Waals surface area (Å²) in [4.78, 5) is 4.63. The van der Waals surface area contributed by atoms with Gasteiger partial charge < -0.3 is 9.84 Å². The molecule has 3 unspecified atom stereocenters. The predicted molar refractivity (Wildman–Crippen MR) is 66.2 cm³/mol. The van der Waals surface area contributed by atoms with Gasteiger partial charge in [0.1, 0.15) is 6.10 Å². The van der Waals surface area contributed by atoms with Crippen LogP contribution in [0.3, 0.4) is 0 Å². The lowest BCUT2D eigenvalue weighted by Crippen LogP contribution is -2.33. The maximum Gasteiger partial charge on any atom is 0.217 e. The fraction of sp³-hybridized carbons (Fsp3) is 0.500. The summed E-state index contributed by atoms with van der Waals surface area (Å²) < 4.78 is 5.92. The lowest BCUT2D eigenvalue weighted by Gasteiger charge is -2.26. The second-order valence-electron chi connectivity index (χ2n) is 4.94. The van der Waals surface area contributed by atoms with Gasteiger partial charge in [0.15, 0.2) is 0 Å². The third kappa shape index (κ3) is 1.95. The van der Waals surface area contributed by atoms with E-state index in [0.29, 0.717) is 0 Å². The van der Waals surface area contributed by atoms with Crippen LogP contribution in [0.5, 0.6) is 0 Å². The second-order valence-corrected chi connectivity index (χ2v) is 4.94. The van der Waals surface area contributed by atoms with Crippen LogP contribution in [0.1, 0.15) is 30.4 Å². The minimum Gasteiger partial charge on any atom is -0.472 e. The summed E-state index contributed by atoms with van der Waals surface area (Å²) in [5.74, 6) is 0.757. The van der Waals surface area contributed by atoms with Crippen molar-refractivity contribution in [1.29, 1.82) is 0 Å². The number of hydrogen-bond acceptors (Lipinski definition) is 3. The second kappa shape index (κ2) is 4.15. The zero-order valence-electron chi connectivity index (χ0n) is 9.97. The van der Waals surface area contributed by atoms with Gasteiger partial charge in [0.25, 0.3) is 0 Å². The third-order valence-corrected chi connectivity index (χ3v) is 3.65. The molecule has 0 aromatic heterocycles. The monoisotopic (exact) mass is 231 g/mol. The maximum atomic E-state index is 9.64.